The number of hydrogen-bond acceptors (Lipinski definition) is 4. The van der Waals surface area contributed by atoms with Crippen molar-refractivity contribution < 1.29 is 9.90 Å². The van der Waals surface area contributed by atoms with Crippen molar-refractivity contribution in [3.8, 4) is 0 Å². The van der Waals surface area contributed by atoms with Crippen LogP contribution in [-0.4, -0.2) is 38.4 Å². The molecule has 0 aromatic carbocycles. The van der Waals surface area contributed by atoms with E-state index in [-0.39, 0.29) is 5.75 Å². The molecule has 1 N–H and O–H groups in total. The first-order chi connectivity index (χ1) is 9.06. The topological polar surface area (TPSA) is 55.1 Å². The van der Waals surface area contributed by atoms with E-state index in [9.17, 15) is 4.79 Å². The molecule has 1 aromatic rings. The molecule has 6 heteroatoms. The third-order valence-electron chi connectivity index (χ3n) is 2.75. The Kier molecular flexibility index (Phi) is 7.38. The van der Waals surface area contributed by atoms with E-state index in [1.54, 1.807) is 0 Å². The van der Waals surface area contributed by atoms with Gasteiger partial charge in [-0.3, -0.25) is 4.79 Å². The van der Waals surface area contributed by atoms with Crippen LogP contribution in [0.4, 0.5) is 0 Å². The van der Waals surface area contributed by atoms with Crippen LogP contribution in [0.5, 0.6) is 0 Å². The zero-order chi connectivity index (χ0) is 14.3. The number of carboxylic acids is 1. The van der Waals surface area contributed by atoms with Gasteiger partial charge >= 0.3 is 5.97 Å². The van der Waals surface area contributed by atoms with Gasteiger partial charge in [0.05, 0.1) is 5.75 Å². The van der Waals surface area contributed by atoms with E-state index in [4.69, 9.17) is 5.11 Å². The predicted molar refractivity (Wildman–Crippen MR) is 82.3 cm³/mol. The molecule has 0 bridgehead atoms. The summed E-state index contributed by atoms with van der Waals surface area (Å²) in [6.45, 7) is 5.21. The fourth-order valence-corrected chi connectivity index (χ4v) is 3.04. The maximum atomic E-state index is 10.7. The van der Waals surface area contributed by atoms with Gasteiger partial charge in [0.15, 0.2) is 5.16 Å². The monoisotopic (exact) mass is 302 g/mol. The second-order valence-electron chi connectivity index (χ2n) is 4.65. The van der Waals surface area contributed by atoms with Crippen LogP contribution in [0.1, 0.15) is 38.3 Å². The lowest BCUT2D eigenvalue weighted by molar-refractivity contribution is -0.133. The summed E-state index contributed by atoms with van der Waals surface area (Å²) in [5.74, 6) is 0.850. The number of aliphatic carboxylic acids is 1. The summed E-state index contributed by atoms with van der Waals surface area (Å²) in [5.41, 5.74) is 1.19. The van der Waals surface area contributed by atoms with Crippen molar-refractivity contribution in [3.05, 3.63) is 11.9 Å². The molecule has 0 spiro atoms. The SMILES string of the molecule is CSCCCCn1c(C(C)C)cnc1SCC(=O)O. The van der Waals surface area contributed by atoms with Crippen LogP contribution < -0.4 is 0 Å². The Morgan fingerprint density at radius 2 is 2.21 bits per heavy atom. The number of rotatable bonds is 9. The summed E-state index contributed by atoms with van der Waals surface area (Å²) in [5, 5.41) is 9.60. The summed E-state index contributed by atoms with van der Waals surface area (Å²) in [4.78, 5) is 15.0. The molecule has 0 saturated heterocycles. The summed E-state index contributed by atoms with van der Waals surface area (Å²) in [6.07, 6.45) is 6.28. The van der Waals surface area contributed by atoms with Crippen LogP contribution in [0.3, 0.4) is 0 Å². The number of thioether (sulfide) groups is 2. The number of carbonyl (C=O) groups is 1. The average molecular weight is 302 g/mol. The summed E-state index contributed by atoms with van der Waals surface area (Å²) >= 11 is 3.16. The number of nitrogens with zero attached hydrogens (tertiary/aromatic N) is 2. The Labute approximate surface area is 123 Å². The minimum Gasteiger partial charge on any atom is -0.481 e. The first kappa shape index (κ1) is 16.4. The van der Waals surface area contributed by atoms with Crippen molar-refractivity contribution in [3.63, 3.8) is 0 Å². The van der Waals surface area contributed by atoms with Gasteiger partial charge < -0.3 is 9.67 Å². The molecule has 1 rings (SSSR count). The smallest absolute Gasteiger partial charge is 0.313 e. The molecule has 0 amide bonds. The Morgan fingerprint density at radius 1 is 1.47 bits per heavy atom. The number of hydrogen-bond donors (Lipinski definition) is 1. The maximum Gasteiger partial charge on any atom is 0.313 e. The Bertz CT molecular complexity index is 405. The van der Waals surface area contributed by atoms with Crippen LogP contribution >= 0.6 is 23.5 Å². The molecule has 4 nitrogen and oxygen atoms in total. The summed E-state index contributed by atoms with van der Waals surface area (Å²) < 4.78 is 2.18. The van der Waals surface area contributed by atoms with Crippen LogP contribution in [0.25, 0.3) is 0 Å². The molecule has 0 fully saturated rings. The third-order valence-corrected chi connectivity index (χ3v) is 4.42. The lowest BCUT2D eigenvalue weighted by atomic mass is 10.1. The van der Waals surface area contributed by atoms with Crippen LogP contribution in [0.15, 0.2) is 11.4 Å². The van der Waals surface area contributed by atoms with E-state index in [1.165, 1.54) is 29.6 Å². The molecule has 19 heavy (non-hydrogen) atoms. The number of imidazole rings is 1. The molecule has 0 aliphatic carbocycles. The van der Waals surface area contributed by atoms with E-state index in [1.807, 2.05) is 18.0 Å². The van der Waals surface area contributed by atoms with Crippen molar-refractivity contribution in [1.29, 1.82) is 0 Å². The number of unbranched alkanes of at least 4 members (excludes halogenated alkanes) is 1. The van der Waals surface area contributed by atoms with Gasteiger partial charge in [0.25, 0.3) is 0 Å². The van der Waals surface area contributed by atoms with Gasteiger partial charge in [0.1, 0.15) is 0 Å². The lowest BCUT2D eigenvalue weighted by Crippen LogP contribution is -2.08. The van der Waals surface area contributed by atoms with Gasteiger partial charge in [-0.05, 0) is 30.8 Å². The van der Waals surface area contributed by atoms with Crippen molar-refractivity contribution in [2.24, 2.45) is 0 Å². The minimum atomic E-state index is -0.798. The van der Waals surface area contributed by atoms with Gasteiger partial charge in [-0.1, -0.05) is 25.6 Å². The molecular formula is C13H22N2O2S2. The predicted octanol–water partition coefficient (Wildman–Crippen LogP) is 3.33. The second kappa shape index (κ2) is 8.53. The highest BCUT2D eigenvalue weighted by atomic mass is 32.2. The van der Waals surface area contributed by atoms with Crippen molar-refractivity contribution in [2.75, 3.05) is 17.8 Å². The van der Waals surface area contributed by atoms with Gasteiger partial charge in [-0.25, -0.2) is 4.98 Å². The number of carboxylic acid groups (broad SMARTS) is 1. The maximum absolute atomic E-state index is 10.7. The molecular weight excluding hydrogens is 280 g/mol. The van der Waals surface area contributed by atoms with Crippen LogP contribution in [0, 0.1) is 0 Å². The first-order valence-corrected chi connectivity index (χ1v) is 8.83. The molecule has 1 heterocycles. The summed E-state index contributed by atoms with van der Waals surface area (Å²) in [6, 6.07) is 0. The van der Waals surface area contributed by atoms with Crippen molar-refractivity contribution in [2.45, 2.75) is 44.3 Å². The van der Waals surface area contributed by atoms with E-state index in [0.717, 1.165) is 18.1 Å². The molecule has 108 valence electrons. The Balaban J connectivity index is 2.70. The second-order valence-corrected chi connectivity index (χ2v) is 6.58. The Morgan fingerprint density at radius 3 is 2.79 bits per heavy atom. The van der Waals surface area contributed by atoms with Gasteiger partial charge in [-0.15, -0.1) is 0 Å². The standard InChI is InChI=1S/C13H22N2O2S2/c1-10(2)11-8-14-13(19-9-12(16)17)15(11)6-4-5-7-18-3/h8,10H,4-7,9H2,1-3H3,(H,16,17). The van der Waals surface area contributed by atoms with E-state index in [0.29, 0.717) is 5.92 Å². The van der Waals surface area contributed by atoms with Crippen molar-refractivity contribution in [1.82, 2.24) is 9.55 Å². The normalized spacial score (nSPS) is 11.2. The zero-order valence-corrected chi connectivity index (χ0v) is 13.4. The fourth-order valence-electron chi connectivity index (χ4n) is 1.81. The van der Waals surface area contributed by atoms with E-state index < -0.39 is 5.97 Å². The highest BCUT2D eigenvalue weighted by Crippen LogP contribution is 2.24. The van der Waals surface area contributed by atoms with Crippen molar-refractivity contribution >= 4 is 29.5 Å². The molecule has 1 aromatic heterocycles. The van der Waals surface area contributed by atoms with E-state index in [2.05, 4.69) is 29.7 Å². The molecule has 0 atom stereocenters. The largest absolute Gasteiger partial charge is 0.481 e. The van der Waals surface area contributed by atoms with E-state index >= 15 is 0 Å². The zero-order valence-electron chi connectivity index (χ0n) is 11.8. The van der Waals surface area contributed by atoms with Crippen LogP contribution in [-0.2, 0) is 11.3 Å². The molecule has 0 saturated carbocycles. The average Bonchev–Trinajstić information content (AvgIpc) is 2.75. The molecule has 0 aliphatic rings. The molecule has 0 radical (unpaired) electrons. The third kappa shape index (κ3) is 5.48. The Hall–Kier alpha value is -0.620. The fraction of sp³-hybridized carbons (Fsp3) is 0.692. The highest BCUT2D eigenvalue weighted by Gasteiger charge is 2.13. The quantitative estimate of drug-likeness (QED) is 0.560. The summed E-state index contributed by atoms with van der Waals surface area (Å²) in [7, 11) is 0. The molecule has 0 aliphatic heterocycles. The highest BCUT2D eigenvalue weighted by molar-refractivity contribution is 7.99. The first-order valence-electron chi connectivity index (χ1n) is 6.45. The lowest BCUT2D eigenvalue weighted by Gasteiger charge is -2.13. The van der Waals surface area contributed by atoms with Crippen LogP contribution in [0.2, 0.25) is 0 Å². The minimum absolute atomic E-state index is 0.0688. The number of aromatic nitrogens is 2. The van der Waals surface area contributed by atoms with Gasteiger partial charge in [-0.2, -0.15) is 11.8 Å². The van der Waals surface area contributed by atoms with Gasteiger partial charge in [0, 0.05) is 18.4 Å². The molecule has 0 unspecified atom stereocenters. The van der Waals surface area contributed by atoms with Gasteiger partial charge in [0.2, 0.25) is 0 Å².